The second-order valence-corrected chi connectivity index (χ2v) is 9.19. The van der Waals surface area contributed by atoms with Gasteiger partial charge in [-0.3, -0.25) is 4.79 Å². The van der Waals surface area contributed by atoms with Crippen molar-refractivity contribution in [2.24, 2.45) is 4.99 Å². The van der Waals surface area contributed by atoms with Crippen LogP contribution < -0.4 is 14.8 Å². The first-order valence-corrected chi connectivity index (χ1v) is 11.7. The third-order valence-corrected chi connectivity index (χ3v) is 6.47. The number of halogens is 3. The number of hydrogen-bond donors (Lipinski definition) is 1. The Balaban J connectivity index is 1.48. The molecule has 1 aliphatic heterocycles. The molecule has 1 saturated heterocycles. The zero-order valence-corrected chi connectivity index (χ0v) is 20.4. The number of hydrogen-bond acceptors (Lipinski definition) is 5. The van der Waals surface area contributed by atoms with E-state index in [2.05, 4.69) is 10.3 Å². The molecule has 3 aromatic rings. The van der Waals surface area contributed by atoms with Gasteiger partial charge in [0.2, 0.25) is 0 Å². The van der Waals surface area contributed by atoms with E-state index in [1.165, 1.54) is 11.8 Å². The van der Waals surface area contributed by atoms with Crippen LogP contribution in [-0.4, -0.2) is 18.2 Å². The molecular weight excluding hydrogens is 503 g/mol. The fourth-order valence-corrected chi connectivity index (χ4v) is 4.24. The number of ether oxygens (including phenoxy) is 2. The van der Waals surface area contributed by atoms with Gasteiger partial charge in [0.1, 0.15) is 6.61 Å². The molecule has 0 aromatic heterocycles. The molecule has 33 heavy (non-hydrogen) atoms. The summed E-state index contributed by atoms with van der Waals surface area (Å²) < 4.78 is 11.4. The first kappa shape index (κ1) is 23.5. The Morgan fingerprint density at radius 3 is 2.48 bits per heavy atom. The van der Waals surface area contributed by atoms with Gasteiger partial charge in [-0.05, 0) is 77.5 Å². The quantitative estimate of drug-likeness (QED) is 0.352. The van der Waals surface area contributed by atoms with Gasteiger partial charge >= 0.3 is 0 Å². The van der Waals surface area contributed by atoms with E-state index in [1.807, 2.05) is 12.1 Å². The molecule has 5 nitrogen and oxygen atoms in total. The molecule has 1 aliphatic rings. The van der Waals surface area contributed by atoms with Crippen molar-refractivity contribution in [2.45, 2.75) is 6.61 Å². The van der Waals surface area contributed by atoms with Crippen LogP contribution >= 0.6 is 46.6 Å². The van der Waals surface area contributed by atoms with E-state index in [-0.39, 0.29) is 5.91 Å². The fourth-order valence-electron chi connectivity index (χ4n) is 2.95. The minimum Gasteiger partial charge on any atom is -0.493 e. The maximum Gasteiger partial charge on any atom is 0.264 e. The Morgan fingerprint density at radius 1 is 0.970 bits per heavy atom. The van der Waals surface area contributed by atoms with Crippen molar-refractivity contribution in [2.75, 3.05) is 7.11 Å². The van der Waals surface area contributed by atoms with Crippen LogP contribution in [0.25, 0.3) is 6.08 Å². The number of carbonyl (C=O) groups is 1. The highest BCUT2D eigenvalue weighted by atomic mass is 35.5. The van der Waals surface area contributed by atoms with Crippen LogP contribution in [0, 0.1) is 0 Å². The summed E-state index contributed by atoms with van der Waals surface area (Å²) >= 11 is 19.2. The van der Waals surface area contributed by atoms with E-state index < -0.39 is 0 Å². The summed E-state index contributed by atoms with van der Waals surface area (Å²) in [6, 6.07) is 17.8. The molecule has 0 unspecified atom stereocenters. The number of nitrogens with zero attached hydrogens (tertiary/aromatic N) is 1. The van der Waals surface area contributed by atoms with Crippen molar-refractivity contribution in [3.8, 4) is 11.5 Å². The van der Waals surface area contributed by atoms with Gasteiger partial charge in [0.25, 0.3) is 5.91 Å². The van der Waals surface area contributed by atoms with Crippen LogP contribution in [-0.2, 0) is 11.4 Å². The summed E-state index contributed by atoms with van der Waals surface area (Å²) in [7, 11) is 1.56. The molecule has 0 radical (unpaired) electrons. The monoisotopic (exact) mass is 518 g/mol. The number of amides is 1. The average molecular weight is 520 g/mol. The molecule has 0 aliphatic carbocycles. The third kappa shape index (κ3) is 6.03. The van der Waals surface area contributed by atoms with E-state index in [0.29, 0.717) is 48.9 Å². The summed E-state index contributed by atoms with van der Waals surface area (Å²) in [5.74, 6) is 0.897. The lowest BCUT2D eigenvalue weighted by atomic mass is 10.2. The van der Waals surface area contributed by atoms with Gasteiger partial charge in [0, 0.05) is 5.02 Å². The largest absolute Gasteiger partial charge is 0.493 e. The number of thioether (sulfide) groups is 1. The van der Waals surface area contributed by atoms with Gasteiger partial charge in [0.05, 0.1) is 27.7 Å². The summed E-state index contributed by atoms with van der Waals surface area (Å²) in [5, 5.41) is 4.86. The van der Waals surface area contributed by atoms with Crippen molar-refractivity contribution in [1.82, 2.24) is 5.32 Å². The zero-order valence-electron chi connectivity index (χ0n) is 17.3. The third-order valence-electron chi connectivity index (χ3n) is 4.57. The standard InChI is InChI=1S/C24H17Cl3N2O3S/c1-31-21-11-14(3-9-20(21)32-13-15-2-8-18(26)19(27)10-15)12-22-23(30)29-24(33-22)28-17-6-4-16(25)5-7-17/h2-12H,13H2,1H3,(H,28,29,30)/b22-12-. The Bertz CT molecular complexity index is 1260. The molecule has 1 heterocycles. The molecule has 0 saturated carbocycles. The number of amidine groups is 1. The van der Waals surface area contributed by atoms with Gasteiger partial charge in [-0.2, -0.15) is 0 Å². The van der Waals surface area contributed by atoms with Crippen molar-refractivity contribution < 1.29 is 14.3 Å². The lowest BCUT2D eigenvalue weighted by molar-refractivity contribution is -0.115. The van der Waals surface area contributed by atoms with Gasteiger partial charge in [-0.15, -0.1) is 0 Å². The molecule has 0 atom stereocenters. The Morgan fingerprint density at radius 2 is 1.76 bits per heavy atom. The number of benzene rings is 3. The average Bonchev–Trinajstić information content (AvgIpc) is 3.15. The summed E-state index contributed by atoms with van der Waals surface area (Å²) in [6.45, 7) is 0.302. The van der Waals surface area contributed by atoms with Gasteiger partial charge in [0.15, 0.2) is 16.7 Å². The number of rotatable bonds is 6. The van der Waals surface area contributed by atoms with Crippen LogP contribution in [0.3, 0.4) is 0 Å². The van der Waals surface area contributed by atoms with E-state index in [9.17, 15) is 4.79 Å². The maximum absolute atomic E-state index is 12.4. The Labute approximate surface area is 210 Å². The van der Waals surface area contributed by atoms with Crippen molar-refractivity contribution in [1.29, 1.82) is 0 Å². The van der Waals surface area contributed by atoms with Crippen molar-refractivity contribution in [3.63, 3.8) is 0 Å². The SMILES string of the molecule is COc1cc(/C=C2\SC(=Nc3ccc(Cl)cc3)NC2=O)ccc1OCc1ccc(Cl)c(Cl)c1. The zero-order chi connectivity index (χ0) is 23.4. The van der Waals surface area contributed by atoms with Crippen molar-refractivity contribution >= 4 is 69.4 Å². The van der Waals surface area contributed by atoms with Crippen LogP contribution in [0.5, 0.6) is 11.5 Å². The second-order valence-electron chi connectivity index (χ2n) is 6.91. The number of carbonyl (C=O) groups excluding carboxylic acids is 1. The van der Waals surface area contributed by atoms with E-state index >= 15 is 0 Å². The van der Waals surface area contributed by atoms with Crippen LogP contribution in [0.4, 0.5) is 5.69 Å². The van der Waals surface area contributed by atoms with E-state index in [1.54, 1.807) is 61.7 Å². The molecule has 3 aromatic carbocycles. The summed E-state index contributed by atoms with van der Waals surface area (Å²) in [5.41, 5.74) is 2.37. The lowest BCUT2D eigenvalue weighted by Crippen LogP contribution is -2.19. The number of methoxy groups -OCH3 is 1. The minimum atomic E-state index is -0.216. The first-order chi connectivity index (χ1) is 15.9. The first-order valence-electron chi connectivity index (χ1n) is 9.71. The highest BCUT2D eigenvalue weighted by molar-refractivity contribution is 8.18. The predicted molar refractivity (Wildman–Crippen MR) is 136 cm³/mol. The highest BCUT2D eigenvalue weighted by Crippen LogP contribution is 2.33. The smallest absolute Gasteiger partial charge is 0.264 e. The van der Waals surface area contributed by atoms with Crippen LogP contribution in [0.2, 0.25) is 15.1 Å². The molecule has 4 rings (SSSR count). The van der Waals surface area contributed by atoms with Crippen LogP contribution in [0.1, 0.15) is 11.1 Å². The minimum absolute atomic E-state index is 0.216. The van der Waals surface area contributed by atoms with Gasteiger partial charge < -0.3 is 14.8 Å². The van der Waals surface area contributed by atoms with Gasteiger partial charge in [-0.25, -0.2) is 4.99 Å². The van der Waals surface area contributed by atoms with Crippen molar-refractivity contribution in [3.05, 3.63) is 91.8 Å². The second kappa shape index (κ2) is 10.5. The Kier molecular flexibility index (Phi) is 7.50. The molecule has 0 bridgehead atoms. The molecule has 1 fully saturated rings. The molecular formula is C24H17Cl3N2O3S. The molecule has 1 N–H and O–H groups in total. The highest BCUT2D eigenvalue weighted by Gasteiger charge is 2.24. The maximum atomic E-state index is 12.4. The number of aliphatic imine (C=N–C) groups is 1. The van der Waals surface area contributed by atoms with Crippen LogP contribution in [0.15, 0.2) is 70.6 Å². The molecule has 9 heteroatoms. The molecule has 168 valence electrons. The van der Waals surface area contributed by atoms with E-state index in [0.717, 1.165) is 11.1 Å². The van der Waals surface area contributed by atoms with E-state index in [4.69, 9.17) is 44.3 Å². The summed E-state index contributed by atoms with van der Waals surface area (Å²) in [6.07, 6.45) is 1.77. The number of nitrogens with one attached hydrogen (secondary N) is 1. The molecule has 1 amide bonds. The Hall–Kier alpha value is -2.64. The van der Waals surface area contributed by atoms with Gasteiger partial charge in [-0.1, -0.05) is 46.9 Å². The summed E-state index contributed by atoms with van der Waals surface area (Å²) in [4.78, 5) is 17.3. The predicted octanol–water partition coefficient (Wildman–Crippen LogP) is 7.13. The molecule has 0 spiro atoms. The lowest BCUT2D eigenvalue weighted by Gasteiger charge is -2.12. The topological polar surface area (TPSA) is 59.9 Å². The fraction of sp³-hybridized carbons (Fsp3) is 0.0833. The normalized spacial score (nSPS) is 15.7.